The second-order valence-corrected chi connectivity index (χ2v) is 5.29. The lowest BCUT2D eigenvalue weighted by atomic mass is 9.97. The van der Waals surface area contributed by atoms with Crippen LogP contribution in [0.5, 0.6) is 5.75 Å². The number of carbonyl (C=O) groups is 1. The number of hydrogen-bond donors (Lipinski definition) is 1. The van der Waals surface area contributed by atoms with Crippen LogP contribution in [-0.4, -0.2) is 36.3 Å². The largest absolute Gasteiger partial charge is 0.496 e. The molecule has 1 aromatic carbocycles. The molecule has 1 N–H and O–H groups in total. The van der Waals surface area contributed by atoms with Gasteiger partial charge in [-0.15, -0.1) is 0 Å². The number of carboxylic acids is 1. The first-order valence-electron chi connectivity index (χ1n) is 7.10. The van der Waals surface area contributed by atoms with Crippen molar-refractivity contribution >= 4 is 22.6 Å². The molecule has 0 saturated carbocycles. The quantitative estimate of drug-likeness (QED) is 0.939. The highest BCUT2D eigenvalue weighted by atomic mass is 16.5. The van der Waals surface area contributed by atoms with Crippen molar-refractivity contribution in [2.75, 3.05) is 25.1 Å². The molecule has 1 saturated heterocycles. The van der Waals surface area contributed by atoms with Gasteiger partial charge in [0.2, 0.25) is 0 Å². The van der Waals surface area contributed by atoms with E-state index in [1.807, 2.05) is 24.3 Å². The van der Waals surface area contributed by atoms with Gasteiger partial charge in [-0.25, -0.2) is 4.98 Å². The number of fused-ring (bicyclic) bond motifs is 1. The smallest absolute Gasteiger partial charge is 0.306 e. The van der Waals surface area contributed by atoms with Gasteiger partial charge in [-0.2, -0.15) is 0 Å². The first-order chi connectivity index (χ1) is 10.2. The first-order valence-corrected chi connectivity index (χ1v) is 7.10. The van der Waals surface area contributed by atoms with Crippen LogP contribution in [0.2, 0.25) is 0 Å². The minimum absolute atomic E-state index is 0.231. The molecule has 1 fully saturated rings. The average molecular weight is 286 g/mol. The van der Waals surface area contributed by atoms with E-state index in [9.17, 15) is 4.79 Å². The maximum Gasteiger partial charge on any atom is 0.306 e. The zero-order valence-corrected chi connectivity index (χ0v) is 12.0. The van der Waals surface area contributed by atoms with E-state index in [-0.39, 0.29) is 5.92 Å². The fraction of sp³-hybridized carbons (Fsp3) is 0.375. The molecule has 0 unspecified atom stereocenters. The highest BCUT2D eigenvalue weighted by Gasteiger charge is 2.25. The van der Waals surface area contributed by atoms with Crippen molar-refractivity contribution in [1.82, 2.24) is 4.98 Å². The summed E-state index contributed by atoms with van der Waals surface area (Å²) in [6.07, 6.45) is 3.11. The molecule has 1 aromatic heterocycles. The van der Waals surface area contributed by atoms with Gasteiger partial charge in [-0.3, -0.25) is 4.79 Å². The molecule has 3 rings (SSSR count). The molecule has 5 heteroatoms. The maximum atomic E-state index is 11.0. The zero-order valence-electron chi connectivity index (χ0n) is 12.0. The SMILES string of the molecule is COc1cccc2c(N3CCC(C(=O)O)CC3)nccc12. The number of nitrogens with zero attached hydrogens (tertiary/aromatic N) is 2. The Morgan fingerprint density at radius 1 is 1.29 bits per heavy atom. The highest BCUT2D eigenvalue weighted by Crippen LogP contribution is 2.32. The van der Waals surface area contributed by atoms with E-state index in [4.69, 9.17) is 9.84 Å². The number of rotatable bonds is 3. The Balaban J connectivity index is 1.93. The molecule has 0 amide bonds. The number of aromatic nitrogens is 1. The molecule has 1 aliphatic heterocycles. The summed E-state index contributed by atoms with van der Waals surface area (Å²) < 4.78 is 5.39. The minimum atomic E-state index is -0.692. The van der Waals surface area contributed by atoms with E-state index in [1.165, 1.54) is 0 Å². The maximum absolute atomic E-state index is 11.0. The van der Waals surface area contributed by atoms with Gasteiger partial charge in [0.05, 0.1) is 13.0 Å². The van der Waals surface area contributed by atoms with Gasteiger partial charge in [0.15, 0.2) is 0 Å². The van der Waals surface area contributed by atoms with E-state index in [0.717, 1.165) is 35.4 Å². The number of aliphatic carboxylic acids is 1. The van der Waals surface area contributed by atoms with Crippen LogP contribution < -0.4 is 9.64 Å². The van der Waals surface area contributed by atoms with Crippen molar-refractivity contribution in [1.29, 1.82) is 0 Å². The van der Waals surface area contributed by atoms with Gasteiger partial charge >= 0.3 is 5.97 Å². The van der Waals surface area contributed by atoms with Crippen LogP contribution >= 0.6 is 0 Å². The van der Waals surface area contributed by atoms with Crippen LogP contribution in [0.1, 0.15) is 12.8 Å². The van der Waals surface area contributed by atoms with Crippen molar-refractivity contribution in [2.24, 2.45) is 5.92 Å². The molecule has 110 valence electrons. The summed E-state index contributed by atoms with van der Waals surface area (Å²) in [5, 5.41) is 11.2. The molecule has 0 radical (unpaired) electrons. The highest BCUT2D eigenvalue weighted by molar-refractivity contribution is 5.96. The fourth-order valence-corrected chi connectivity index (χ4v) is 2.93. The van der Waals surface area contributed by atoms with E-state index in [2.05, 4.69) is 9.88 Å². The third-order valence-electron chi connectivity index (χ3n) is 4.11. The Morgan fingerprint density at radius 3 is 2.71 bits per heavy atom. The minimum Gasteiger partial charge on any atom is -0.496 e. The molecule has 0 atom stereocenters. The summed E-state index contributed by atoms with van der Waals surface area (Å²) in [4.78, 5) is 17.7. The average Bonchev–Trinajstić information content (AvgIpc) is 2.53. The van der Waals surface area contributed by atoms with Crippen LogP contribution in [-0.2, 0) is 4.79 Å². The van der Waals surface area contributed by atoms with E-state index >= 15 is 0 Å². The van der Waals surface area contributed by atoms with Gasteiger partial charge in [0.25, 0.3) is 0 Å². The molecule has 2 aromatic rings. The number of piperidine rings is 1. The lowest BCUT2D eigenvalue weighted by Crippen LogP contribution is -2.36. The van der Waals surface area contributed by atoms with Gasteiger partial charge in [-0.1, -0.05) is 12.1 Å². The van der Waals surface area contributed by atoms with Crippen LogP contribution in [0.25, 0.3) is 10.8 Å². The van der Waals surface area contributed by atoms with Crippen molar-refractivity contribution in [3.8, 4) is 5.75 Å². The Morgan fingerprint density at radius 2 is 2.05 bits per heavy atom. The number of methoxy groups -OCH3 is 1. The fourth-order valence-electron chi connectivity index (χ4n) is 2.93. The molecule has 1 aliphatic rings. The third-order valence-corrected chi connectivity index (χ3v) is 4.11. The molecular formula is C16H18N2O3. The predicted octanol–water partition coefficient (Wildman–Crippen LogP) is 2.54. The molecule has 0 bridgehead atoms. The predicted molar refractivity (Wildman–Crippen MR) is 80.9 cm³/mol. The summed E-state index contributed by atoms with van der Waals surface area (Å²) in [6.45, 7) is 1.45. The van der Waals surface area contributed by atoms with Crippen molar-refractivity contribution in [3.05, 3.63) is 30.5 Å². The van der Waals surface area contributed by atoms with E-state index < -0.39 is 5.97 Å². The lowest BCUT2D eigenvalue weighted by Gasteiger charge is -2.31. The normalized spacial score (nSPS) is 16.1. The first kappa shape index (κ1) is 13.7. The molecule has 0 spiro atoms. The summed E-state index contributed by atoms with van der Waals surface area (Å²) in [7, 11) is 1.66. The van der Waals surface area contributed by atoms with Crippen molar-refractivity contribution in [3.63, 3.8) is 0 Å². The Labute approximate surface area is 123 Å². The van der Waals surface area contributed by atoms with E-state index in [0.29, 0.717) is 12.8 Å². The molecule has 5 nitrogen and oxygen atoms in total. The summed E-state index contributed by atoms with van der Waals surface area (Å²) in [5.74, 6) is 0.819. The van der Waals surface area contributed by atoms with Crippen molar-refractivity contribution in [2.45, 2.75) is 12.8 Å². The van der Waals surface area contributed by atoms with Gasteiger partial charge in [0, 0.05) is 30.1 Å². The summed E-state index contributed by atoms with van der Waals surface area (Å²) >= 11 is 0. The lowest BCUT2D eigenvalue weighted by molar-refractivity contribution is -0.142. The summed E-state index contributed by atoms with van der Waals surface area (Å²) in [6, 6.07) is 7.87. The summed E-state index contributed by atoms with van der Waals surface area (Å²) in [5.41, 5.74) is 0. The molecule has 0 aliphatic carbocycles. The topological polar surface area (TPSA) is 62.7 Å². The van der Waals surface area contributed by atoms with Crippen LogP contribution in [0.4, 0.5) is 5.82 Å². The van der Waals surface area contributed by atoms with Gasteiger partial charge < -0.3 is 14.7 Å². The van der Waals surface area contributed by atoms with Gasteiger partial charge in [-0.05, 0) is 25.0 Å². The van der Waals surface area contributed by atoms with Crippen molar-refractivity contribution < 1.29 is 14.6 Å². The zero-order chi connectivity index (χ0) is 14.8. The van der Waals surface area contributed by atoms with Gasteiger partial charge in [0.1, 0.15) is 11.6 Å². The van der Waals surface area contributed by atoms with Crippen LogP contribution in [0, 0.1) is 5.92 Å². The Kier molecular flexibility index (Phi) is 3.64. The second kappa shape index (κ2) is 5.60. The van der Waals surface area contributed by atoms with E-state index in [1.54, 1.807) is 13.3 Å². The van der Waals surface area contributed by atoms with Crippen LogP contribution in [0.3, 0.4) is 0 Å². The number of pyridine rings is 1. The molecular weight excluding hydrogens is 268 g/mol. The monoisotopic (exact) mass is 286 g/mol. The van der Waals surface area contributed by atoms with Crippen LogP contribution in [0.15, 0.2) is 30.5 Å². The number of hydrogen-bond acceptors (Lipinski definition) is 4. The number of ether oxygens (including phenoxy) is 1. The molecule has 2 heterocycles. The molecule has 21 heavy (non-hydrogen) atoms. The third kappa shape index (κ3) is 2.51. The Hall–Kier alpha value is -2.30. The second-order valence-electron chi connectivity index (χ2n) is 5.29. The number of anilines is 1. The Bertz CT molecular complexity index is 664. The standard InChI is InChI=1S/C16H18N2O3/c1-21-14-4-2-3-13-12(14)5-8-17-15(13)18-9-6-11(7-10-18)16(19)20/h2-5,8,11H,6-7,9-10H2,1H3,(H,19,20). The number of carboxylic acid groups (broad SMARTS) is 1. The number of benzene rings is 1.